The molecule has 120 valence electrons. The molecule has 0 spiro atoms. The number of ether oxygens (including phenoxy) is 1. The normalized spacial score (nSPS) is 14.1. The van der Waals surface area contributed by atoms with E-state index in [1.807, 2.05) is 0 Å². The zero-order valence-electron chi connectivity index (χ0n) is 12.0. The number of alkyl halides is 5. The second kappa shape index (κ2) is 6.60. The minimum atomic E-state index is -5.65. The number of hydrogen-bond donors (Lipinski definition) is 1. The van der Waals surface area contributed by atoms with Gasteiger partial charge in [-0.25, -0.2) is 0 Å². The molecule has 1 aromatic carbocycles. The highest BCUT2D eigenvalue weighted by molar-refractivity contribution is 5.40. The molecule has 1 aromatic rings. The van der Waals surface area contributed by atoms with Crippen molar-refractivity contribution in [3.63, 3.8) is 0 Å². The van der Waals surface area contributed by atoms with E-state index in [2.05, 4.69) is 5.32 Å². The number of nitrogens with one attached hydrogen (secondary N) is 1. The van der Waals surface area contributed by atoms with Gasteiger partial charge >= 0.3 is 12.1 Å². The molecule has 0 heterocycles. The third-order valence-corrected chi connectivity index (χ3v) is 2.92. The molecular formula is C14H18F5NO. The van der Waals surface area contributed by atoms with Gasteiger partial charge in [-0.05, 0) is 26.5 Å². The Labute approximate surface area is 120 Å². The minimum Gasteiger partial charge on any atom is -0.494 e. The summed E-state index contributed by atoms with van der Waals surface area (Å²) in [6.45, 7) is 4.86. The van der Waals surface area contributed by atoms with Crippen LogP contribution in [-0.2, 0) is 0 Å². The van der Waals surface area contributed by atoms with Crippen molar-refractivity contribution < 1.29 is 26.7 Å². The summed E-state index contributed by atoms with van der Waals surface area (Å²) in [5.74, 6) is -4.87. The summed E-state index contributed by atoms with van der Waals surface area (Å²) in [4.78, 5) is 0. The lowest BCUT2D eigenvalue weighted by atomic mass is 9.97. The molecule has 1 unspecified atom stereocenters. The Bertz CT molecular complexity index is 473. The number of benzene rings is 1. The van der Waals surface area contributed by atoms with E-state index in [-0.39, 0.29) is 24.5 Å². The number of halogens is 5. The standard InChI is InChI=1S/C14H18F5NO/c1-4-20-12(13(15,16)14(17,18)19)10-8-9(3)6-7-11(10)21-5-2/h6-8,12,20H,4-5H2,1-3H3. The first-order valence-electron chi connectivity index (χ1n) is 6.56. The predicted octanol–water partition coefficient (Wildman–Crippen LogP) is 4.24. The van der Waals surface area contributed by atoms with Gasteiger partial charge in [0.2, 0.25) is 0 Å². The van der Waals surface area contributed by atoms with Crippen molar-refractivity contribution in [3.8, 4) is 5.75 Å². The Morgan fingerprint density at radius 2 is 1.76 bits per heavy atom. The van der Waals surface area contributed by atoms with E-state index < -0.39 is 18.1 Å². The molecule has 0 saturated carbocycles. The molecule has 0 aliphatic rings. The Morgan fingerprint density at radius 3 is 2.24 bits per heavy atom. The molecule has 21 heavy (non-hydrogen) atoms. The summed E-state index contributed by atoms with van der Waals surface area (Å²) in [5, 5.41) is 2.22. The predicted molar refractivity (Wildman–Crippen MR) is 69.8 cm³/mol. The summed E-state index contributed by atoms with van der Waals surface area (Å²) in [7, 11) is 0. The summed E-state index contributed by atoms with van der Waals surface area (Å²) < 4.78 is 70.8. The summed E-state index contributed by atoms with van der Waals surface area (Å²) in [6.07, 6.45) is -5.65. The zero-order valence-corrected chi connectivity index (χ0v) is 12.0. The smallest absolute Gasteiger partial charge is 0.455 e. The van der Waals surface area contributed by atoms with Gasteiger partial charge < -0.3 is 10.1 Å². The first-order valence-corrected chi connectivity index (χ1v) is 6.56. The van der Waals surface area contributed by atoms with Crippen LogP contribution in [0.4, 0.5) is 22.0 Å². The lowest BCUT2D eigenvalue weighted by Crippen LogP contribution is -2.48. The molecule has 0 aliphatic heterocycles. The fraction of sp³-hybridized carbons (Fsp3) is 0.571. The maximum Gasteiger partial charge on any atom is 0.455 e. The van der Waals surface area contributed by atoms with Crippen molar-refractivity contribution in [2.75, 3.05) is 13.2 Å². The molecule has 0 aliphatic carbocycles. The SMILES string of the molecule is CCNC(c1cc(C)ccc1OCC)C(F)(F)C(F)(F)F. The van der Waals surface area contributed by atoms with Gasteiger partial charge in [-0.2, -0.15) is 22.0 Å². The molecule has 1 rings (SSSR count). The van der Waals surface area contributed by atoms with Crippen LogP contribution >= 0.6 is 0 Å². The van der Waals surface area contributed by atoms with Crippen molar-refractivity contribution >= 4 is 0 Å². The van der Waals surface area contributed by atoms with Crippen LogP contribution in [0, 0.1) is 6.92 Å². The van der Waals surface area contributed by atoms with Crippen LogP contribution in [0.25, 0.3) is 0 Å². The maximum atomic E-state index is 13.8. The zero-order chi connectivity index (χ0) is 16.3. The number of aryl methyl sites for hydroxylation is 1. The molecule has 0 saturated heterocycles. The molecule has 1 atom stereocenters. The van der Waals surface area contributed by atoms with Crippen LogP contribution in [0.3, 0.4) is 0 Å². The highest BCUT2D eigenvalue weighted by atomic mass is 19.4. The van der Waals surface area contributed by atoms with Gasteiger partial charge in [0, 0.05) is 5.56 Å². The van der Waals surface area contributed by atoms with Gasteiger partial charge in [0.15, 0.2) is 0 Å². The molecule has 0 radical (unpaired) electrons. The van der Waals surface area contributed by atoms with E-state index in [0.29, 0.717) is 5.56 Å². The Balaban J connectivity index is 3.38. The molecule has 0 fully saturated rings. The molecule has 2 nitrogen and oxygen atoms in total. The van der Waals surface area contributed by atoms with E-state index in [4.69, 9.17) is 4.74 Å². The summed E-state index contributed by atoms with van der Waals surface area (Å²) in [6, 6.07) is 2.11. The second-order valence-corrected chi connectivity index (χ2v) is 4.59. The van der Waals surface area contributed by atoms with E-state index in [0.717, 1.165) is 0 Å². The van der Waals surface area contributed by atoms with Crippen molar-refractivity contribution in [2.24, 2.45) is 0 Å². The first-order chi connectivity index (χ1) is 9.65. The Hall–Kier alpha value is -1.37. The lowest BCUT2D eigenvalue weighted by molar-refractivity contribution is -0.294. The largest absolute Gasteiger partial charge is 0.494 e. The number of rotatable bonds is 6. The molecule has 7 heteroatoms. The average molecular weight is 311 g/mol. The Kier molecular flexibility index (Phi) is 5.55. The van der Waals surface area contributed by atoms with E-state index in [1.165, 1.54) is 19.1 Å². The molecular weight excluding hydrogens is 293 g/mol. The van der Waals surface area contributed by atoms with Crippen LogP contribution in [0.2, 0.25) is 0 Å². The molecule has 0 aromatic heterocycles. The van der Waals surface area contributed by atoms with Gasteiger partial charge in [0.1, 0.15) is 11.8 Å². The Morgan fingerprint density at radius 1 is 1.14 bits per heavy atom. The van der Waals surface area contributed by atoms with Crippen molar-refractivity contribution in [1.29, 1.82) is 0 Å². The van der Waals surface area contributed by atoms with Crippen LogP contribution in [0.15, 0.2) is 18.2 Å². The van der Waals surface area contributed by atoms with Gasteiger partial charge in [-0.15, -0.1) is 0 Å². The van der Waals surface area contributed by atoms with Gasteiger partial charge in [0.25, 0.3) is 0 Å². The van der Waals surface area contributed by atoms with E-state index in [1.54, 1.807) is 19.9 Å². The minimum absolute atomic E-state index is 0.0259. The highest BCUT2D eigenvalue weighted by Gasteiger charge is 2.63. The van der Waals surface area contributed by atoms with Gasteiger partial charge in [-0.3, -0.25) is 0 Å². The highest BCUT2D eigenvalue weighted by Crippen LogP contribution is 2.46. The van der Waals surface area contributed by atoms with Crippen LogP contribution in [0.1, 0.15) is 31.0 Å². The fourth-order valence-electron chi connectivity index (χ4n) is 1.98. The van der Waals surface area contributed by atoms with Crippen LogP contribution < -0.4 is 10.1 Å². The third kappa shape index (κ3) is 3.84. The lowest BCUT2D eigenvalue weighted by Gasteiger charge is -2.30. The number of hydrogen-bond acceptors (Lipinski definition) is 2. The van der Waals surface area contributed by atoms with Gasteiger partial charge in [-0.1, -0.05) is 24.6 Å². The molecule has 0 amide bonds. The molecule has 1 N–H and O–H groups in total. The molecule has 0 bridgehead atoms. The van der Waals surface area contributed by atoms with Gasteiger partial charge in [0.05, 0.1) is 6.61 Å². The average Bonchev–Trinajstić information content (AvgIpc) is 2.37. The van der Waals surface area contributed by atoms with Crippen molar-refractivity contribution in [2.45, 2.75) is 38.9 Å². The monoisotopic (exact) mass is 311 g/mol. The summed E-state index contributed by atoms with van der Waals surface area (Å²) >= 11 is 0. The topological polar surface area (TPSA) is 21.3 Å². The fourth-order valence-corrected chi connectivity index (χ4v) is 1.98. The van der Waals surface area contributed by atoms with Crippen molar-refractivity contribution in [3.05, 3.63) is 29.3 Å². The van der Waals surface area contributed by atoms with Crippen LogP contribution in [0.5, 0.6) is 5.75 Å². The third-order valence-electron chi connectivity index (χ3n) is 2.92. The quantitative estimate of drug-likeness (QED) is 0.793. The van der Waals surface area contributed by atoms with E-state index >= 15 is 0 Å². The van der Waals surface area contributed by atoms with E-state index in [9.17, 15) is 22.0 Å². The van der Waals surface area contributed by atoms with Crippen molar-refractivity contribution in [1.82, 2.24) is 5.32 Å². The second-order valence-electron chi connectivity index (χ2n) is 4.59. The summed E-state index contributed by atoms with van der Waals surface area (Å²) in [5.41, 5.74) is 0.385. The first kappa shape index (κ1) is 17.7. The maximum absolute atomic E-state index is 13.8. The van der Waals surface area contributed by atoms with Crippen LogP contribution in [-0.4, -0.2) is 25.3 Å².